The van der Waals surface area contributed by atoms with Crippen LogP contribution in [-0.4, -0.2) is 26.5 Å². The Kier molecular flexibility index (Phi) is 5.20. The van der Waals surface area contributed by atoms with Gasteiger partial charge in [0.2, 0.25) is 5.13 Å². The highest BCUT2D eigenvalue weighted by atomic mass is 32.1. The Hall–Kier alpha value is -2.28. The van der Waals surface area contributed by atoms with E-state index in [9.17, 15) is 4.39 Å². The van der Waals surface area contributed by atoms with E-state index in [2.05, 4.69) is 33.6 Å². The molecule has 24 heavy (non-hydrogen) atoms. The smallest absolute Gasteiger partial charge is 0.205 e. The average Bonchev–Trinajstić information content (AvgIpc) is 3.12. The number of halogens is 1. The summed E-state index contributed by atoms with van der Waals surface area (Å²) >= 11 is 1.54. The predicted molar refractivity (Wildman–Crippen MR) is 93.9 cm³/mol. The van der Waals surface area contributed by atoms with Gasteiger partial charge >= 0.3 is 0 Å². The molecule has 0 saturated heterocycles. The Morgan fingerprint density at radius 2 is 1.96 bits per heavy atom. The van der Waals surface area contributed by atoms with E-state index < -0.39 is 0 Å². The van der Waals surface area contributed by atoms with Crippen molar-refractivity contribution in [3.8, 4) is 0 Å². The topological polar surface area (TPSA) is 55.6 Å². The van der Waals surface area contributed by atoms with Gasteiger partial charge in [-0.15, -0.1) is 10.2 Å². The van der Waals surface area contributed by atoms with E-state index in [0.717, 1.165) is 40.9 Å². The summed E-state index contributed by atoms with van der Waals surface area (Å²) in [6.45, 7) is 5.78. The fraction of sp³-hybridized carbons (Fsp3) is 0.353. The van der Waals surface area contributed by atoms with Crippen molar-refractivity contribution in [3.63, 3.8) is 0 Å². The highest BCUT2D eigenvalue weighted by Crippen LogP contribution is 2.18. The third kappa shape index (κ3) is 4.38. The summed E-state index contributed by atoms with van der Waals surface area (Å²) < 4.78 is 14.9. The van der Waals surface area contributed by atoms with Gasteiger partial charge in [0.05, 0.1) is 5.69 Å². The maximum absolute atomic E-state index is 12.9. The Morgan fingerprint density at radius 3 is 2.67 bits per heavy atom. The fourth-order valence-corrected chi connectivity index (χ4v) is 3.30. The molecule has 0 aliphatic rings. The number of nitrogens with one attached hydrogen (secondary N) is 1. The average molecular weight is 345 g/mol. The highest BCUT2D eigenvalue weighted by molar-refractivity contribution is 7.15. The zero-order valence-electron chi connectivity index (χ0n) is 13.8. The fourth-order valence-electron chi connectivity index (χ4n) is 2.50. The molecule has 2 aromatic heterocycles. The van der Waals surface area contributed by atoms with E-state index in [0.29, 0.717) is 6.42 Å². The third-order valence-corrected chi connectivity index (χ3v) is 4.54. The van der Waals surface area contributed by atoms with Gasteiger partial charge in [0, 0.05) is 25.2 Å². The number of aromatic nitrogens is 4. The van der Waals surface area contributed by atoms with E-state index in [1.807, 2.05) is 11.6 Å². The second kappa shape index (κ2) is 7.53. The number of rotatable bonds is 7. The molecule has 1 aromatic carbocycles. The normalized spacial score (nSPS) is 11.0. The van der Waals surface area contributed by atoms with Gasteiger partial charge < -0.3 is 5.32 Å². The SMILES string of the molecule is Cc1cc(C)n(CCCNc2nnc(Cc3ccc(F)cc3)s2)n1. The molecule has 0 spiro atoms. The minimum atomic E-state index is -0.221. The van der Waals surface area contributed by atoms with Crippen molar-refractivity contribution < 1.29 is 4.39 Å². The van der Waals surface area contributed by atoms with Crippen LogP contribution in [0.3, 0.4) is 0 Å². The van der Waals surface area contributed by atoms with Gasteiger partial charge in [-0.2, -0.15) is 5.10 Å². The molecule has 1 N–H and O–H groups in total. The number of anilines is 1. The molecule has 3 rings (SSSR count). The standard InChI is InChI=1S/C17H20FN5S/c1-12-10-13(2)23(22-12)9-3-8-19-17-21-20-16(24-17)11-14-4-6-15(18)7-5-14/h4-7,10H,3,8-9,11H2,1-2H3,(H,19,21). The molecule has 0 fully saturated rings. The van der Waals surface area contributed by atoms with Crippen molar-refractivity contribution in [1.82, 2.24) is 20.0 Å². The van der Waals surface area contributed by atoms with Crippen LogP contribution in [0.1, 0.15) is 28.4 Å². The number of nitrogens with zero attached hydrogens (tertiary/aromatic N) is 4. The minimum Gasteiger partial charge on any atom is -0.360 e. The van der Waals surface area contributed by atoms with E-state index in [1.165, 1.54) is 29.2 Å². The van der Waals surface area contributed by atoms with Crippen molar-refractivity contribution in [3.05, 3.63) is 58.1 Å². The van der Waals surface area contributed by atoms with Crippen LogP contribution in [0.5, 0.6) is 0 Å². The molecule has 5 nitrogen and oxygen atoms in total. The van der Waals surface area contributed by atoms with Crippen LogP contribution < -0.4 is 5.32 Å². The molecule has 2 heterocycles. The molecule has 0 unspecified atom stereocenters. The molecule has 3 aromatic rings. The molecule has 126 valence electrons. The zero-order valence-corrected chi connectivity index (χ0v) is 14.6. The molecular formula is C17H20FN5S. The lowest BCUT2D eigenvalue weighted by Crippen LogP contribution is -2.08. The van der Waals surface area contributed by atoms with Crippen LogP contribution in [0.15, 0.2) is 30.3 Å². The van der Waals surface area contributed by atoms with Gasteiger partial charge in [0.15, 0.2) is 0 Å². The maximum Gasteiger partial charge on any atom is 0.205 e. The lowest BCUT2D eigenvalue weighted by atomic mass is 10.2. The lowest BCUT2D eigenvalue weighted by molar-refractivity contribution is 0.573. The predicted octanol–water partition coefficient (Wildman–Crippen LogP) is 3.58. The number of aryl methyl sites for hydroxylation is 3. The van der Waals surface area contributed by atoms with Crippen LogP contribution in [0, 0.1) is 19.7 Å². The number of hydrogen-bond donors (Lipinski definition) is 1. The first kappa shape index (κ1) is 16.6. The van der Waals surface area contributed by atoms with Crippen LogP contribution in [-0.2, 0) is 13.0 Å². The molecule has 0 bridgehead atoms. The molecular weight excluding hydrogens is 325 g/mol. The molecule has 0 saturated carbocycles. The summed E-state index contributed by atoms with van der Waals surface area (Å²) in [5, 5.41) is 17.8. The summed E-state index contributed by atoms with van der Waals surface area (Å²) in [7, 11) is 0. The quantitative estimate of drug-likeness (QED) is 0.665. The van der Waals surface area contributed by atoms with Crippen molar-refractivity contribution >= 4 is 16.5 Å². The van der Waals surface area contributed by atoms with Crippen molar-refractivity contribution in [1.29, 1.82) is 0 Å². The van der Waals surface area contributed by atoms with Crippen LogP contribution in [0.2, 0.25) is 0 Å². The lowest BCUT2D eigenvalue weighted by Gasteiger charge is -2.04. The summed E-state index contributed by atoms with van der Waals surface area (Å²) in [5.41, 5.74) is 3.27. The van der Waals surface area contributed by atoms with E-state index >= 15 is 0 Å². The van der Waals surface area contributed by atoms with E-state index in [1.54, 1.807) is 12.1 Å². The molecule has 7 heteroatoms. The summed E-state index contributed by atoms with van der Waals surface area (Å²) in [4.78, 5) is 0. The van der Waals surface area contributed by atoms with Crippen LogP contribution in [0.25, 0.3) is 0 Å². The summed E-state index contributed by atoms with van der Waals surface area (Å²) in [5.74, 6) is -0.221. The monoisotopic (exact) mass is 345 g/mol. The molecule has 0 radical (unpaired) electrons. The van der Waals surface area contributed by atoms with Gasteiger partial charge in [-0.05, 0) is 44.0 Å². The Morgan fingerprint density at radius 1 is 1.17 bits per heavy atom. The van der Waals surface area contributed by atoms with E-state index in [4.69, 9.17) is 0 Å². The Balaban J connectivity index is 1.46. The van der Waals surface area contributed by atoms with Crippen molar-refractivity contribution in [2.24, 2.45) is 0 Å². The van der Waals surface area contributed by atoms with Gasteiger partial charge in [-0.25, -0.2) is 4.39 Å². The van der Waals surface area contributed by atoms with Crippen LogP contribution >= 0.6 is 11.3 Å². The van der Waals surface area contributed by atoms with Gasteiger partial charge in [0.1, 0.15) is 10.8 Å². The van der Waals surface area contributed by atoms with Crippen molar-refractivity contribution in [2.45, 2.75) is 33.2 Å². The Labute approximate surface area is 144 Å². The molecule has 0 aliphatic heterocycles. The first-order valence-electron chi connectivity index (χ1n) is 7.92. The highest BCUT2D eigenvalue weighted by Gasteiger charge is 2.06. The first-order chi connectivity index (χ1) is 11.6. The summed E-state index contributed by atoms with van der Waals surface area (Å²) in [6.07, 6.45) is 1.64. The second-order valence-electron chi connectivity index (χ2n) is 5.73. The zero-order chi connectivity index (χ0) is 16.9. The largest absolute Gasteiger partial charge is 0.360 e. The molecule has 0 amide bonds. The number of benzene rings is 1. The van der Waals surface area contributed by atoms with Gasteiger partial charge in [0.25, 0.3) is 0 Å². The van der Waals surface area contributed by atoms with E-state index in [-0.39, 0.29) is 5.82 Å². The molecule has 0 aliphatic carbocycles. The van der Waals surface area contributed by atoms with Gasteiger partial charge in [-0.3, -0.25) is 4.68 Å². The molecule has 0 atom stereocenters. The Bertz CT molecular complexity index is 794. The second-order valence-corrected chi connectivity index (χ2v) is 6.80. The first-order valence-corrected chi connectivity index (χ1v) is 8.73. The third-order valence-electron chi connectivity index (χ3n) is 3.66. The summed E-state index contributed by atoms with van der Waals surface area (Å²) in [6, 6.07) is 8.57. The maximum atomic E-state index is 12.9. The van der Waals surface area contributed by atoms with Crippen LogP contribution in [0.4, 0.5) is 9.52 Å². The van der Waals surface area contributed by atoms with Crippen molar-refractivity contribution in [2.75, 3.05) is 11.9 Å². The number of hydrogen-bond acceptors (Lipinski definition) is 5. The van der Waals surface area contributed by atoms with Gasteiger partial charge in [-0.1, -0.05) is 23.5 Å². The minimum absolute atomic E-state index is 0.221.